The van der Waals surface area contributed by atoms with E-state index in [-0.39, 0.29) is 11.5 Å². The summed E-state index contributed by atoms with van der Waals surface area (Å²) in [6.07, 6.45) is 0. The van der Waals surface area contributed by atoms with E-state index in [4.69, 9.17) is 18.0 Å². The van der Waals surface area contributed by atoms with Crippen molar-refractivity contribution in [2.45, 2.75) is 13.8 Å². The molecule has 0 bridgehead atoms. The first-order valence-electron chi connectivity index (χ1n) is 5.71. The van der Waals surface area contributed by atoms with Gasteiger partial charge in [0.05, 0.1) is 5.75 Å². The van der Waals surface area contributed by atoms with Gasteiger partial charge in [-0.15, -0.1) is 0 Å². The van der Waals surface area contributed by atoms with Crippen molar-refractivity contribution in [1.29, 1.82) is 0 Å². The SMILES string of the molecule is CCS(=O)(=O)CCNc1c(C)cccc1C(N)=S. The van der Waals surface area contributed by atoms with Crippen LogP contribution in [-0.2, 0) is 9.84 Å². The highest BCUT2D eigenvalue weighted by Gasteiger charge is 2.10. The van der Waals surface area contributed by atoms with Gasteiger partial charge in [-0.3, -0.25) is 0 Å². The maximum absolute atomic E-state index is 11.4. The van der Waals surface area contributed by atoms with Gasteiger partial charge in [-0.2, -0.15) is 0 Å². The molecule has 0 spiro atoms. The van der Waals surface area contributed by atoms with Crippen LogP contribution < -0.4 is 11.1 Å². The van der Waals surface area contributed by atoms with Crippen molar-refractivity contribution >= 4 is 32.7 Å². The number of thiocarbonyl (C=S) groups is 1. The quantitative estimate of drug-likeness (QED) is 0.775. The number of benzene rings is 1. The first-order chi connectivity index (χ1) is 8.37. The molecular formula is C12H18N2O2S2. The van der Waals surface area contributed by atoms with Crippen LogP contribution in [0.15, 0.2) is 18.2 Å². The highest BCUT2D eigenvalue weighted by Crippen LogP contribution is 2.20. The molecule has 18 heavy (non-hydrogen) atoms. The van der Waals surface area contributed by atoms with Crippen LogP contribution in [0.2, 0.25) is 0 Å². The van der Waals surface area contributed by atoms with E-state index in [1.807, 2.05) is 25.1 Å². The van der Waals surface area contributed by atoms with Gasteiger partial charge < -0.3 is 11.1 Å². The Bertz CT molecular complexity index is 539. The van der Waals surface area contributed by atoms with Gasteiger partial charge >= 0.3 is 0 Å². The minimum Gasteiger partial charge on any atom is -0.389 e. The van der Waals surface area contributed by atoms with Crippen LogP contribution in [0.1, 0.15) is 18.1 Å². The molecule has 6 heteroatoms. The zero-order valence-electron chi connectivity index (χ0n) is 10.6. The number of sulfone groups is 1. The molecule has 1 aromatic carbocycles. The number of nitrogens with one attached hydrogen (secondary N) is 1. The fourth-order valence-electron chi connectivity index (χ4n) is 1.58. The van der Waals surface area contributed by atoms with Crippen LogP contribution in [0.5, 0.6) is 0 Å². The second-order valence-electron chi connectivity index (χ2n) is 4.02. The Labute approximate surface area is 113 Å². The van der Waals surface area contributed by atoms with Crippen LogP contribution in [0.3, 0.4) is 0 Å². The minimum atomic E-state index is -2.96. The lowest BCUT2D eigenvalue weighted by atomic mass is 10.1. The summed E-state index contributed by atoms with van der Waals surface area (Å²) in [7, 11) is -2.96. The van der Waals surface area contributed by atoms with Gasteiger partial charge in [0.2, 0.25) is 0 Å². The molecule has 0 aromatic heterocycles. The number of rotatable bonds is 6. The van der Waals surface area contributed by atoms with E-state index in [9.17, 15) is 8.42 Å². The Morgan fingerprint density at radius 3 is 2.67 bits per heavy atom. The van der Waals surface area contributed by atoms with Crippen LogP contribution >= 0.6 is 12.2 Å². The summed E-state index contributed by atoms with van der Waals surface area (Å²) >= 11 is 4.98. The lowest BCUT2D eigenvalue weighted by molar-refractivity contribution is 0.597. The molecule has 0 radical (unpaired) electrons. The molecule has 0 aliphatic heterocycles. The summed E-state index contributed by atoms with van der Waals surface area (Å²) in [6, 6.07) is 5.63. The maximum Gasteiger partial charge on any atom is 0.151 e. The molecule has 3 N–H and O–H groups in total. The van der Waals surface area contributed by atoms with Crippen molar-refractivity contribution in [1.82, 2.24) is 0 Å². The van der Waals surface area contributed by atoms with Crippen molar-refractivity contribution in [2.24, 2.45) is 5.73 Å². The molecule has 0 amide bonds. The minimum absolute atomic E-state index is 0.106. The second-order valence-corrected chi connectivity index (χ2v) is 6.94. The average Bonchev–Trinajstić information content (AvgIpc) is 2.30. The summed E-state index contributed by atoms with van der Waals surface area (Å²) in [5.74, 6) is 0.263. The Morgan fingerprint density at radius 2 is 2.11 bits per heavy atom. The van der Waals surface area contributed by atoms with Crippen molar-refractivity contribution in [3.05, 3.63) is 29.3 Å². The molecule has 0 saturated carbocycles. The molecule has 1 rings (SSSR count). The standard InChI is InChI=1S/C12H18N2O2S2/c1-3-18(15,16)8-7-14-11-9(2)5-4-6-10(11)12(13)17/h4-6,14H,3,7-8H2,1-2H3,(H2,13,17). The largest absolute Gasteiger partial charge is 0.389 e. The fourth-order valence-corrected chi connectivity index (χ4v) is 2.46. The molecule has 0 heterocycles. The summed E-state index contributed by atoms with van der Waals surface area (Å²) in [5.41, 5.74) is 8.20. The first-order valence-corrected chi connectivity index (χ1v) is 7.94. The number of anilines is 1. The van der Waals surface area contributed by atoms with E-state index >= 15 is 0 Å². The van der Waals surface area contributed by atoms with Gasteiger partial charge in [0.25, 0.3) is 0 Å². The van der Waals surface area contributed by atoms with Gasteiger partial charge in [0.1, 0.15) is 4.99 Å². The number of aryl methyl sites for hydroxylation is 1. The van der Waals surface area contributed by atoms with Crippen molar-refractivity contribution in [3.63, 3.8) is 0 Å². The van der Waals surface area contributed by atoms with Gasteiger partial charge in [-0.25, -0.2) is 8.42 Å². The predicted molar refractivity (Wildman–Crippen MR) is 79.9 cm³/mol. The van der Waals surface area contributed by atoms with Crippen molar-refractivity contribution in [3.8, 4) is 0 Å². The first kappa shape index (κ1) is 14.9. The predicted octanol–water partition coefficient (Wildman–Crippen LogP) is 1.48. The van der Waals surface area contributed by atoms with Gasteiger partial charge in [0, 0.05) is 23.5 Å². The summed E-state index contributed by atoms with van der Waals surface area (Å²) in [4.78, 5) is 0.305. The number of nitrogens with two attached hydrogens (primary N) is 1. The molecule has 1 aromatic rings. The third-order valence-corrected chi connectivity index (χ3v) is 4.62. The number of hydrogen-bond acceptors (Lipinski definition) is 4. The summed E-state index contributed by atoms with van der Waals surface area (Å²) in [5, 5.41) is 3.11. The van der Waals surface area contributed by atoms with E-state index in [0.29, 0.717) is 11.5 Å². The summed E-state index contributed by atoms with van der Waals surface area (Å²) < 4.78 is 22.8. The average molecular weight is 286 g/mol. The third kappa shape index (κ3) is 3.96. The summed E-state index contributed by atoms with van der Waals surface area (Å²) in [6.45, 7) is 3.93. The molecule has 0 aliphatic carbocycles. The van der Waals surface area contributed by atoms with E-state index < -0.39 is 9.84 Å². The lowest BCUT2D eigenvalue weighted by Gasteiger charge is -2.13. The van der Waals surface area contributed by atoms with Gasteiger partial charge in [0.15, 0.2) is 9.84 Å². The van der Waals surface area contributed by atoms with Crippen LogP contribution in [-0.4, -0.2) is 31.5 Å². The molecule has 0 atom stereocenters. The Balaban J connectivity index is 2.82. The Morgan fingerprint density at radius 1 is 1.44 bits per heavy atom. The Hall–Kier alpha value is -1.14. The van der Waals surface area contributed by atoms with E-state index in [0.717, 1.165) is 16.8 Å². The van der Waals surface area contributed by atoms with Crippen molar-refractivity contribution < 1.29 is 8.42 Å². The number of hydrogen-bond donors (Lipinski definition) is 2. The molecule has 100 valence electrons. The normalized spacial score (nSPS) is 11.2. The van der Waals surface area contributed by atoms with Gasteiger partial charge in [-0.1, -0.05) is 31.3 Å². The van der Waals surface area contributed by atoms with Gasteiger partial charge in [-0.05, 0) is 18.6 Å². The zero-order chi connectivity index (χ0) is 13.8. The molecule has 0 unspecified atom stereocenters. The zero-order valence-corrected chi connectivity index (χ0v) is 12.2. The van der Waals surface area contributed by atoms with Crippen LogP contribution in [0, 0.1) is 6.92 Å². The Kier molecular flexibility index (Phi) is 5.10. The molecule has 0 fully saturated rings. The number of para-hydroxylation sites is 1. The van der Waals surface area contributed by atoms with E-state index in [1.54, 1.807) is 6.92 Å². The van der Waals surface area contributed by atoms with Crippen LogP contribution in [0.4, 0.5) is 5.69 Å². The third-order valence-electron chi connectivity index (χ3n) is 2.69. The highest BCUT2D eigenvalue weighted by atomic mass is 32.2. The van der Waals surface area contributed by atoms with E-state index in [1.165, 1.54) is 0 Å². The molecule has 0 aliphatic rings. The van der Waals surface area contributed by atoms with E-state index in [2.05, 4.69) is 5.32 Å². The van der Waals surface area contributed by atoms with Crippen LogP contribution in [0.25, 0.3) is 0 Å². The highest BCUT2D eigenvalue weighted by molar-refractivity contribution is 7.91. The molecular weight excluding hydrogens is 268 g/mol. The molecule has 0 saturated heterocycles. The maximum atomic E-state index is 11.4. The van der Waals surface area contributed by atoms with Crippen molar-refractivity contribution in [2.75, 3.05) is 23.4 Å². The fraction of sp³-hybridized carbons (Fsp3) is 0.417. The lowest BCUT2D eigenvalue weighted by Crippen LogP contribution is -2.20. The smallest absolute Gasteiger partial charge is 0.151 e. The monoisotopic (exact) mass is 286 g/mol. The molecule has 4 nitrogen and oxygen atoms in total. The topological polar surface area (TPSA) is 72.2 Å². The second kappa shape index (κ2) is 6.15.